The van der Waals surface area contributed by atoms with Crippen LogP contribution in [0.15, 0.2) is 42.6 Å². The third-order valence-electron chi connectivity index (χ3n) is 3.81. The molecule has 0 saturated carbocycles. The van der Waals surface area contributed by atoms with Crippen LogP contribution >= 0.6 is 11.6 Å². The van der Waals surface area contributed by atoms with Crippen LogP contribution in [0.4, 0.5) is 0 Å². The molecular formula is C19H19ClN2O3. The second-order valence-electron chi connectivity index (χ2n) is 6.34. The number of aromatic nitrogens is 2. The molecule has 6 heteroatoms. The molecule has 3 rings (SSSR count). The van der Waals surface area contributed by atoms with Gasteiger partial charge < -0.3 is 9.84 Å². The standard InChI is InChI=1S/C19H19ClN2O3/c1-12(2)11-25-16-4-5-17(20)15(8-16)10-22-18-6-3-13(19(23)24)7-14(18)9-21-22/h3-9,12H,10-11H2,1-2H3,(H,23,24). The molecule has 0 aliphatic rings. The fourth-order valence-corrected chi connectivity index (χ4v) is 2.71. The largest absolute Gasteiger partial charge is 0.493 e. The second-order valence-corrected chi connectivity index (χ2v) is 6.75. The summed E-state index contributed by atoms with van der Waals surface area (Å²) in [4.78, 5) is 11.1. The summed E-state index contributed by atoms with van der Waals surface area (Å²) in [5, 5.41) is 14.9. The van der Waals surface area contributed by atoms with Crippen LogP contribution in [-0.4, -0.2) is 27.5 Å². The minimum Gasteiger partial charge on any atom is -0.493 e. The summed E-state index contributed by atoms with van der Waals surface area (Å²) < 4.78 is 7.56. The van der Waals surface area contributed by atoms with Crippen molar-refractivity contribution in [2.45, 2.75) is 20.4 Å². The van der Waals surface area contributed by atoms with Gasteiger partial charge >= 0.3 is 5.97 Å². The average Bonchev–Trinajstić information content (AvgIpc) is 2.97. The van der Waals surface area contributed by atoms with Gasteiger partial charge in [-0.2, -0.15) is 5.10 Å². The van der Waals surface area contributed by atoms with E-state index < -0.39 is 5.97 Å². The number of benzene rings is 2. The predicted molar refractivity (Wildman–Crippen MR) is 97.6 cm³/mol. The van der Waals surface area contributed by atoms with Gasteiger partial charge in [-0.05, 0) is 47.9 Å². The number of carbonyl (C=O) groups is 1. The zero-order chi connectivity index (χ0) is 18.0. The quantitative estimate of drug-likeness (QED) is 0.706. The SMILES string of the molecule is CC(C)COc1ccc(Cl)c(Cn2ncc3cc(C(=O)O)ccc32)c1. The molecule has 5 nitrogen and oxygen atoms in total. The number of halogens is 1. The molecule has 1 aromatic heterocycles. The van der Waals surface area contributed by atoms with E-state index in [1.807, 2.05) is 18.2 Å². The van der Waals surface area contributed by atoms with Crippen LogP contribution in [0.3, 0.4) is 0 Å². The summed E-state index contributed by atoms with van der Waals surface area (Å²) in [7, 11) is 0. The Balaban J connectivity index is 1.88. The molecule has 2 aromatic carbocycles. The Bertz CT molecular complexity index is 918. The Morgan fingerprint density at radius 1 is 1.28 bits per heavy atom. The number of hydrogen-bond acceptors (Lipinski definition) is 3. The van der Waals surface area contributed by atoms with Crippen molar-refractivity contribution in [1.82, 2.24) is 9.78 Å². The van der Waals surface area contributed by atoms with Gasteiger partial charge in [0.2, 0.25) is 0 Å². The minimum atomic E-state index is -0.951. The molecule has 0 bridgehead atoms. The normalized spacial score (nSPS) is 11.2. The number of ether oxygens (including phenoxy) is 1. The smallest absolute Gasteiger partial charge is 0.335 e. The van der Waals surface area contributed by atoms with Gasteiger partial charge in [-0.3, -0.25) is 4.68 Å². The molecule has 0 atom stereocenters. The molecule has 0 radical (unpaired) electrons. The van der Waals surface area contributed by atoms with Crippen molar-refractivity contribution >= 4 is 28.5 Å². The Morgan fingerprint density at radius 3 is 2.80 bits per heavy atom. The van der Waals surface area contributed by atoms with Crippen molar-refractivity contribution in [3.8, 4) is 5.75 Å². The molecule has 0 saturated heterocycles. The summed E-state index contributed by atoms with van der Waals surface area (Å²) in [5.74, 6) is 0.267. The van der Waals surface area contributed by atoms with Crippen LogP contribution in [0, 0.1) is 5.92 Å². The maximum absolute atomic E-state index is 11.1. The number of carboxylic acid groups (broad SMARTS) is 1. The lowest BCUT2D eigenvalue weighted by atomic mass is 10.1. The molecule has 0 spiro atoms. The van der Waals surface area contributed by atoms with E-state index in [-0.39, 0.29) is 5.56 Å². The van der Waals surface area contributed by atoms with E-state index in [4.69, 9.17) is 21.4 Å². The van der Waals surface area contributed by atoms with E-state index in [0.29, 0.717) is 24.1 Å². The van der Waals surface area contributed by atoms with E-state index in [1.165, 1.54) is 0 Å². The van der Waals surface area contributed by atoms with E-state index in [2.05, 4.69) is 18.9 Å². The molecule has 3 aromatic rings. The molecule has 0 aliphatic heterocycles. The zero-order valence-corrected chi connectivity index (χ0v) is 14.8. The molecule has 0 amide bonds. The summed E-state index contributed by atoms with van der Waals surface area (Å²) in [6.45, 7) is 5.31. The summed E-state index contributed by atoms with van der Waals surface area (Å²) in [6, 6.07) is 10.6. The molecule has 0 unspecified atom stereocenters. The number of hydrogen-bond donors (Lipinski definition) is 1. The number of aromatic carboxylic acids is 1. The Labute approximate surface area is 150 Å². The van der Waals surface area contributed by atoms with Crippen molar-refractivity contribution in [1.29, 1.82) is 0 Å². The van der Waals surface area contributed by atoms with Gasteiger partial charge in [0.1, 0.15) is 5.75 Å². The second kappa shape index (κ2) is 7.15. The first kappa shape index (κ1) is 17.3. The van der Waals surface area contributed by atoms with E-state index >= 15 is 0 Å². The Kier molecular flexibility index (Phi) is 4.95. The summed E-state index contributed by atoms with van der Waals surface area (Å²) in [5.41, 5.74) is 2.00. The minimum absolute atomic E-state index is 0.245. The number of rotatable bonds is 6. The molecular weight excluding hydrogens is 340 g/mol. The zero-order valence-electron chi connectivity index (χ0n) is 14.1. The van der Waals surface area contributed by atoms with Crippen molar-refractivity contribution in [2.24, 2.45) is 5.92 Å². The number of nitrogens with zero attached hydrogens (tertiary/aromatic N) is 2. The van der Waals surface area contributed by atoms with Crippen LogP contribution in [0.25, 0.3) is 10.9 Å². The number of carboxylic acids is 1. The van der Waals surface area contributed by atoms with Gasteiger partial charge in [0, 0.05) is 10.4 Å². The van der Waals surface area contributed by atoms with Gasteiger partial charge in [-0.25, -0.2) is 4.79 Å². The maximum Gasteiger partial charge on any atom is 0.335 e. The highest BCUT2D eigenvalue weighted by Gasteiger charge is 2.10. The van der Waals surface area contributed by atoms with Crippen LogP contribution in [0.2, 0.25) is 5.02 Å². The predicted octanol–water partition coefficient (Wildman–Crippen LogP) is 4.47. The van der Waals surface area contributed by atoms with Gasteiger partial charge in [0.05, 0.1) is 30.4 Å². The third-order valence-corrected chi connectivity index (χ3v) is 4.18. The van der Waals surface area contributed by atoms with Crippen LogP contribution < -0.4 is 4.74 Å². The maximum atomic E-state index is 11.1. The molecule has 1 N–H and O–H groups in total. The number of fused-ring (bicyclic) bond motifs is 1. The van der Waals surface area contributed by atoms with Gasteiger partial charge in [0.25, 0.3) is 0 Å². The molecule has 1 heterocycles. The van der Waals surface area contributed by atoms with Gasteiger partial charge in [0.15, 0.2) is 0 Å². The van der Waals surface area contributed by atoms with Crippen molar-refractivity contribution < 1.29 is 14.6 Å². The average molecular weight is 359 g/mol. The van der Waals surface area contributed by atoms with Crippen LogP contribution in [-0.2, 0) is 6.54 Å². The fourth-order valence-electron chi connectivity index (χ4n) is 2.53. The first-order chi connectivity index (χ1) is 11.9. The first-order valence-electron chi connectivity index (χ1n) is 8.04. The first-order valence-corrected chi connectivity index (χ1v) is 8.42. The summed E-state index contributed by atoms with van der Waals surface area (Å²) in [6.07, 6.45) is 1.66. The monoisotopic (exact) mass is 358 g/mol. The van der Waals surface area contributed by atoms with E-state index in [1.54, 1.807) is 29.1 Å². The molecule has 0 aliphatic carbocycles. The molecule has 130 valence electrons. The van der Waals surface area contributed by atoms with Crippen LogP contribution in [0.5, 0.6) is 5.75 Å². The Hall–Kier alpha value is -2.53. The lowest BCUT2D eigenvalue weighted by Gasteiger charge is -2.12. The fraction of sp³-hybridized carbons (Fsp3) is 0.263. The highest BCUT2D eigenvalue weighted by molar-refractivity contribution is 6.31. The molecule has 25 heavy (non-hydrogen) atoms. The Morgan fingerprint density at radius 2 is 2.08 bits per heavy atom. The van der Waals surface area contributed by atoms with Crippen molar-refractivity contribution in [3.63, 3.8) is 0 Å². The van der Waals surface area contributed by atoms with Gasteiger partial charge in [-0.1, -0.05) is 25.4 Å². The van der Waals surface area contributed by atoms with Crippen molar-refractivity contribution in [2.75, 3.05) is 6.61 Å². The highest BCUT2D eigenvalue weighted by Crippen LogP contribution is 2.25. The van der Waals surface area contributed by atoms with E-state index in [0.717, 1.165) is 22.2 Å². The highest BCUT2D eigenvalue weighted by atomic mass is 35.5. The summed E-state index contributed by atoms with van der Waals surface area (Å²) >= 11 is 6.32. The lowest BCUT2D eigenvalue weighted by Crippen LogP contribution is -2.06. The van der Waals surface area contributed by atoms with Gasteiger partial charge in [-0.15, -0.1) is 0 Å². The topological polar surface area (TPSA) is 64.4 Å². The third kappa shape index (κ3) is 3.94. The van der Waals surface area contributed by atoms with E-state index in [9.17, 15) is 4.79 Å². The molecule has 0 fully saturated rings. The van der Waals surface area contributed by atoms with Crippen LogP contribution in [0.1, 0.15) is 29.8 Å². The van der Waals surface area contributed by atoms with Crippen molar-refractivity contribution in [3.05, 3.63) is 58.7 Å². The lowest BCUT2D eigenvalue weighted by molar-refractivity contribution is 0.0697.